The number of hydrogen-bond donors (Lipinski definition) is 0. The van der Waals surface area contributed by atoms with E-state index in [-0.39, 0.29) is 5.84 Å². The van der Waals surface area contributed by atoms with Crippen LogP contribution in [0.1, 0.15) is 12.5 Å². The molecule has 2 rings (SSSR count). The molecule has 5 heteroatoms. The first-order valence-electron chi connectivity index (χ1n) is 5.48. The molecule has 0 saturated heterocycles. The van der Waals surface area contributed by atoms with Crippen molar-refractivity contribution < 1.29 is 14.4 Å². The predicted molar refractivity (Wildman–Crippen MR) is 64.9 cm³/mol. The van der Waals surface area contributed by atoms with Crippen molar-refractivity contribution in [3.05, 3.63) is 35.9 Å². The van der Waals surface area contributed by atoms with Gasteiger partial charge in [0.2, 0.25) is 5.91 Å². The SMILES string of the molecule is CC(=O)C1C(=O)N=C(c2ccccc2)N(C)C1=O. The third-order valence-corrected chi connectivity index (χ3v) is 2.80. The Balaban J connectivity index is 2.46. The van der Waals surface area contributed by atoms with Crippen molar-refractivity contribution in [2.75, 3.05) is 7.05 Å². The van der Waals surface area contributed by atoms with Gasteiger partial charge in [0.1, 0.15) is 5.84 Å². The molecule has 0 saturated carbocycles. The van der Waals surface area contributed by atoms with Crippen molar-refractivity contribution in [1.82, 2.24) is 4.90 Å². The van der Waals surface area contributed by atoms with Crippen molar-refractivity contribution >= 4 is 23.4 Å². The van der Waals surface area contributed by atoms with Crippen LogP contribution in [0.4, 0.5) is 0 Å². The minimum atomic E-state index is -1.29. The van der Waals surface area contributed by atoms with Crippen molar-refractivity contribution in [2.45, 2.75) is 6.92 Å². The summed E-state index contributed by atoms with van der Waals surface area (Å²) < 4.78 is 0. The molecule has 0 aliphatic carbocycles. The molecule has 1 unspecified atom stereocenters. The van der Waals surface area contributed by atoms with Gasteiger partial charge in [0.05, 0.1) is 0 Å². The summed E-state index contributed by atoms with van der Waals surface area (Å²) in [6.45, 7) is 1.22. The third-order valence-electron chi connectivity index (χ3n) is 2.80. The molecule has 1 aromatic carbocycles. The Morgan fingerprint density at radius 2 is 1.83 bits per heavy atom. The highest BCUT2D eigenvalue weighted by atomic mass is 16.2. The maximum Gasteiger partial charge on any atom is 0.267 e. The van der Waals surface area contributed by atoms with E-state index in [0.29, 0.717) is 5.56 Å². The monoisotopic (exact) mass is 244 g/mol. The number of aliphatic imine (C=N–C) groups is 1. The number of benzene rings is 1. The second-order valence-electron chi connectivity index (χ2n) is 4.08. The molecule has 92 valence electrons. The molecule has 0 N–H and O–H groups in total. The number of carbonyl (C=O) groups is 3. The summed E-state index contributed by atoms with van der Waals surface area (Å²) in [5.41, 5.74) is 0.670. The molecule has 0 fully saturated rings. The fourth-order valence-corrected chi connectivity index (χ4v) is 1.84. The average Bonchev–Trinajstić information content (AvgIpc) is 2.34. The Morgan fingerprint density at radius 3 is 2.39 bits per heavy atom. The number of amides is 2. The quantitative estimate of drug-likeness (QED) is 0.717. The van der Waals surface area contributed by atoms with E-state index >= 15 is 0 Å². The van der Waals surface area contributed by atoms with Crippen LogP contribution >= 0.6 is 0 Å². The first-order valence-corrected chi connectivity index (χ1v) is 5.48. The van der Waals surface area contributed by atoms with Gasteiger partial charge in [-0.05, 0) is 6.92 Å². The van der Waals surface area contributed by atoms with E-state index in [2.05, 4.69) is 4.99 Å². The van der Waals surface area contributed by atoms with Crippen LogP contribution in [-0.4, -0.2) is 35.4 Å². The minimum Gasteiger partial charge on any atom is -0.299 e. The number of ketones is 1. The highest BCUT2D eigenvalue weighted by molar-refractivity contribution is 6.28. The number of Topliss-reactive ketones (excluding diaryl/α,β-unsaturated/α-hetero) is 1. The van der Waals surface area contributed by atoms with Gasteiger partial charge in [0.25, 0.3) is 5.91 Å². The summed E-state index contributed by atoms with van der Waals surface area (Å²) in [6.07, 6.45) is 0. The molecule has 18 heavy (non-hydrogen) atoms. The summed E-state index contributed by atoms with van der Waals surface area (Å²) in [5, 5.41) is 0. The van der Waals surface area contributed by atoms with E-state index in [1.54, 1.807) is 24.3 Å². The van der Waals surface area contributed by atoms with E-state index in [1.165, 1.54) is 18.9 Å². The van der Waals surface area contributed by atoms with Crippen LogP contribution in [0.3, 0.4) is 0 Å². The Hall–Kier alpha value is -2.30. The first kappa shape index (κ1) is 12.2. The summed E-state index contributed by atoms with van der Waals surface area (Å²) in [5.74, 6) is -2.70. The zero-order valence-corrected chi connectivity index (χ0v) is 10.1. The van der Waals surface area contributed by atoms with Gasteiger partial charge in [0.15, 0.2) is 11.7 Å². The fraction of sp³-hybridized carbons (Fsp3) is 0.231. The molecule has 1 aliphatic heterocycles. The van der Waals surface area contributed by atoms with Crippen LogP contribution in [-0.2, 0) is 14.4 Å². The van der Waals surface area contributed by atoms with Gasteiger partial charge in [-0.25, -0.2) is 0 Å². The molecule has 1 aromatic rings. The van der Waals surface area contributed by atoms with Gasteiger partial charge in [-0.2, -0.15) is 4.99 Å². The predicted octanol–water partition coefficient (Wildman–Crippen LogP) is 0.637. The molecule has 1 atom stereocenters. The summed E-state index contributed by atoms with van der Waals surface area (Å²) in [6, 6.07) is 8.91. The molecule has 0 spiro atoms. The first-order chi connectivity index (χ1) is 8.52. The van der Waals surface area contributed by atoms with Crippen LogP contribution in [0, 0.1) is 5.92 Å². The smallest absolute Gasteiger partial charge is 0.267 e. The summed E-state index contributed by atoms with van der Waals surface area (Å²) >= 11 is 0. The van der Waals surface area contributed by atoms with Crippen molar-refractivity contribution in [2.24, 2.45) is 10.9 Å². The molecule has 1 aliphatic rings. The van der Waals surface area contributed by atoms with Crippen LogP contribution in [0.15, 0.2) is 35.3 Å². The highest BCUT2D eigenvalue weighted by Gasteiger charge is 2.39. The number of nitrogens with zero attached hydrogens (tertiary/aromatic N) is 2. The number of rotatable bonds is 2. The van der Waals surface area contributed by atoms with Crippen LogP contribution in [0.5, 0.6) is 0 Å². The molecule has 1 heterocycles. The van der Waals surface area contributed by atoms with E-state index < -0.39 is 23.5 Å². The van der Waals surface area contributed by atoms with E-state index in [4.69, 9.17) is 0 Å². The Kier molecular flexibility index (Phi) is 3.06. The lowest BCUT2D eigenvalue weighted by atomic mass is 10.00. The van der Waals surface area contributed by atoms with Crippen LogP contribution < -0.4 is 0 Å². The van der Waals surface area contributed by atoms with Gasteiger partial charge in [-0.15, -0.1) is 0 Å². The number of amidine groups is 1. The largest absolute Gasteiger partial charge is 0.299 e. The minimum absolute atomic E-state index is 0.281. The highest BCUT2D eigenvalue weighted by Crippen LogP contribution is 2.17. The zero-order valence-electron chi connectivity index (χ0n) is 10.1. The van der Waals surface area contributed by atoms with Gasteiger partial charge in [-0.3, -0.25) is 19.3 Å². The van der Waals surface area contributed by atoms with Gasteiger partial charge < -0.3 is 0 Å². The maximum absolute atomic E-state index is 12.0. The summed E-state index contributed by atoms with van der Waals surface area (Å²) in [7, 11) is 1.51. The summed E-state index contributed by atoms with van der Waals surface area (Å²) in [4.78, 5) is 40.1. The Morgan fingerprint density at radius 1 is 1.22 bits per heavy atom. The van der Waals surface area contributed by atoms with E-state index in [1.807, 2.05) is 6.07 Å². The molecular formula is C13H12N2O3. The lowest BCUT2D eigenvalue weighted by Gasteiger charge is -2.26. The molecule has 2 amide bonds. The Bertz CT molecular complexity index is 549. The van der Waals surface area contributed by atoms with Crippen molar-refractivity contribution in [3.63, 3.8) is 0 Å². The lowest BCUT2D eigenvalue weighted by molar-refractivity contribution is -0.143. The topological polar surface area (TPSA) is 66.8 Å². The van der Waals surface area contributed by atoms with Gasteiger partial charge in [0, 0.05) is 12.6 Å². The van der Waals surface area contributed by atoms with Crippen LogP contribution in [0.25, 0.3) is 0 Å². The second kappa shape index (κ2) is 4.52. The lowest BCUT2D eigenvalue weighted by Crippen LogP contribution is -2.48. The number of carbonyl (C=O) groups excluding carboxylic acids is 3. The van der Waals surface area contributed by atoms with Crippen molar-refractivity contribution in [3.8, 4) is 0 Å². The fourth-order valence-electron chi connectivity index (χ4n) is 1.84. The molecule has 0 aromatic heterocycles. The molecular weight excluding hydrogens is 232 g/mol. The molecule has 0 bridgehead atoms. The second-order valence-corrected chi connectivity index (χ2v) is 4.08. The normalized spacial score (nSPS) is 19.8. The van der Waals surface area contributed by atoms with Gasteiger partial charge >= 0.3 is 0 Å². The maximum atomic E-state index is 12.0. The van der Waals surface area contributed by atoms with E-state index in [0.717, 1.165) is 0 Å². The van der Waals surface area contributed by atoms with Crippen molar-refractivity contribution in [1.29, 1.82) is 0 Å². The molecule has 5 nitrogen and oxygen atoms in total. The number of hydrogen-bond acceptors (Lipinski definition) is 3. The average molecular weight is 244 g/mol. The third kappa shape index (κ3) is 1.95. The molecule has 0 radical (unpaired) electrons. The van der Waals surface area contributed by atoms with E-state index in [9.17, 15) is 14.4 Å². The standard InChI is InChI=1S/C13H12N2O3/c1-8(16)10-12(17)14-11(15(2)13(10)18)9-6-4-3-5-7-9/h3-7,10H,1-2H3. The zero-order chi connectivity index (χ0) is 13.3. The van der Waals surface area contributed by atoms with Gasteiger partial charge in [-0.1, -0.05) is 30.3 Å². The van der Waals surface area contributed by atoms with Crippen LogP contribution in [0.2, 0.25) is 0 Å². The Labute approximate surface area is 104 Å².